The highest BCUT2D eigenvalue weighted by Crippen LogP contribution is 2.17. The highest BCUT2D eigenvalue weighted by Gasteiger charge is 2.11. The van der Waals surface area contributed by atoms with Crippen LogP contribution in [-0.2, 0) is 0 Å². The molecule has 0 aliphatic heterocycles. The molecule has 6 heteroatoms. The van der Waals surface area contributed by atoms with Crippen LogP contribution < -0.4 is 16.6 Å². The van der Waals surface area contributed by atoms with Gasteiger partial charge in [0.1, 0.15) is 5.82 Å². The molecule has 2 rings (SSSR count). The zero-order valence-corrected chi connectivity index (χ0v) is 10.3. The van der Waals surface area contributed by atoms with Crippen molar-refractivity contribution in [3.8, 4) is 0 Å². The van der Waals surface area contributed by atoms with Crippen LogP contribution in [0.25, 0.3) is 0 Å². The summed E-state index contributed by atoms with van der Waals surface area (Å²) in [5.74, 6) is 4.65. The van der Waals surface area contributed by atoms with Crippen molar-refractivity contribution in [1.29, 1.82) is 0 Å². The summed E-state index contributed by atoms with van der Waals surface area (Å²) in [6.45, 7) is 1.63. The van der Waals surface area contributed by atoms with Gasteiger partial charge in [0.25, 0.3) is 5.91 Å². The zero-order chi connectivity index (χ0) is 13.8. The van der Waals surface area contributed by atoms with Gasteiger partial charge >= 0.3 is 0 Å². The van der Waals surface area contributed by atoms with Crippen molar-refractivity contribution >= 4 is 17.3 Å². The van der Waals surface area contributed by atoms with E-state index in [1.807, 2.05) is 0 Å². The van der Waals surface area contributed by atoms with E-state index < -0.39 is 0 Å². The summed E-state index contributed by atoms with van der Waals surface area (Å²) in [5, 5.41) is 2.67. The lowest BCUT2D eigenvalue weighted by molar-refractivity contribution is 0.102. The third-order valence-corrected chi connectivity index (χ3v) is 2.64. The Bertz CT molecular complexity index is 615. The van der Waals surface area contributed by atoms with Crippen molar-refractivity contribution in [2.75, 3.05) is 10.7 Å². The largest absolute Gasteiger partial charge is 0.322 e. The molecular formula is C13H13FN4O. The maximum atomic E-state index is 13.1. The number of rotatable bonds is 3. The number of anilines is 2. The number of carbonyl (C=O) groups is 1. The van der Waals surface area contributed by atoms with Crippen LogP contribution in [0, 0.1) is 12.7 Å². The predicted molar refractivity (Wildman–Crippen MR) is 71.1 cm³/mol. The van der Waals surface area contributed by atoms with Crippen molar-refractivity contribution in [3.05, 3.63) is 53.6 Å². The first-order valence-electron chi connectivity index (χ1n) is 5.60. The van der Waals surface area contributed by atoms with Gasteiger partial charge in [-0.3, -0.25) is 15.6 Å². The van der Waals surface area contributed by atoms with E-state index in [0.717, 1.165) is 0 Å². The molecule has 98 valence electrons. The standard InChI is InChI=1S/C13H13FN4O/c1-8-6-9(2-3-11(8)14)17-13(19)10-4-5-16-7-12(10)18-15/h2-7,18H,15H2,1H3,(H,17,19). The summed E-state index contributed by atoms with van der Waals surface area (Å²) >= 11 is 0. The van der Waals surface area contributed by atoms with E-state index >= 15 is 0 Å². The lowest BCUT2D eigenvalue weighted by Gasteiger charge is -2.09. The minimum absolute atomic E-state index is 0.314. The number of nitrogens with one attached hydrogen (secondary N) is 2. The quantitative estimate of drug-likeness (QED) is 0.583. The van der Waals surface area contributed by atoms with Gasteiger partial charge in [-0.2, -0.15) is 0 Å². The van der Waals surface area contributed by atoms with E-state index in [4.69, 9.17) is 5.84 Å². The first kappa shape index (κ1) is 13.0. The van der Waals surface area contributed by atoms with E-state index in [1.54, 1.807) is 19.1 Å². The number of amides is 1. The molecule has 2 aromatic rings. The van der Waals surface area contributed by atoms with Crippen molar-refractivity contribution in [2.24, 2.45) is 5.84 Å². The molecule has 1 aromatic heterocycles. The third kappa shape index (κ3) is 2.86. The Hall–Kier alpha value is -2.47. The predicted octanol–water partition coefficient (Wildman–Crippen LogP) is 2.07. The molecule has 1 heterocycles. The fourth-order valence-electron chi connectivity index (χ4n) is 1.63. The molecule has 0 saturated heterocycles. The van der Waals surface area contributed by atoms with Crippen LogP contribution in [0.3, 0.4) is 0 Å². The average molecular weight is 260 g/mol. The molecule has 0 atom stereocenters. The maximum absolute atomic E-state index is 13.1. The normalized spacial score (nSPS) is 10.1. The number of benzene rings is 1. The number of hydrogen-bond acceptors (Lipinski definition) is 4. The number of hydrogen-bond donors (Lipinski definition) is 3. The Morgan fingerprint density at radius 2 is 2.16 bits per heavy atom. The van der Waals surface area contributed by atoms with Gasteiger partial charge in [-0.05, 0) is 36.8 Å². The molecule has 0 unspecified atom stereocenters. The molecule has 0 bridgehead atoms. The fraction of sp³-hybridized carbons (Fsp3) is 0.0769. The van der Waals surface area contributed by atoms with E-state index in [0.29, 0.717) is 22.5 Å². The van der Waals surface area contributed by atoms with E-state index in [2.05, 4.69) is 15.7 Å². The monoisotopic (exact) mass is 260 g/mol. The van der Waals surface area contributed by atoms with Gasteiger partial charge in [-0.25, -0.2) is 4.39 Å². The smallest absolute Gasteiger partial charge is 0.257 e. The molecule has 4 N–H and O–H groups in total. The molecule has 0 spiro atoms. The Balaban J connectivity index is 2.23. The fourth-order valence-corrected chi connectivity index (χ4v) is 1.63. The second kappa shape index (κ2) is 5.45. The second-order valence-corrected chi connectivity index (χ2v) is 3.98. The zero-order valence-electron chi connectivity index (χ0n) is 10.3. The first-order chi connectivity index (χ1) is 9.11. The molecule has 19 heavy (non-hydrogen) atoms. The molecule has 0 aliphatic rings. The topological polar surface area (TPSA) is 80.0 Å². The summed E-state index contributed by atoms with van der Waals surface area (Å²) in [4.78, 5) is 15.9. The molecule has 0 fully saturated rings. The number of aromatic nitrogens is 1. The molecule has 0 radical (unpaired) electrons. The first-order valence-corrected chi connectivity index (χ1v) is 5.60. The van der Waals surface area contributed by atoms with Gasteiger partial charge in [0.2, 0.25) is 0 Å². The molecular weight excluding hydrogens is 247 g/mol. The summed E-state index contributed by atoms with van der Waals surface area (Å²) < 4.78 is 13.1. The number of aryl methyl sites for hydroxylation is 1. The number of halogens is 1. The summed E-state index contributed by atoms with van der Waals surface area (Å²) in [7, 11) is 0. The average Bonchev–Trinajstić information content (AvgIpc) is 2.43. The maximum Gasteiger partial charge on any atom is 0.257 e. The number of pyridine rings is 1. The molecule has 0 aliphatic carbocycles. The molecule has 0 saturated carbocycles. The van der Waals surface area contributed by atoms with Gasteiger partial charge in [-0.1, -0.05) is 0 Å². The van der Waals surface area contributed by atoms with Crippen LogP contribution in [0.2, 0.25) is 0 Å². The van der Waals surface area contributed by atoms with Crippen LogP contribution in [0.4, 0.5) is 15.8 Å². The van der Waals surface area contributed by atoms with E-state index in [9.17, 15) is 9.18 Å². The Labute approximate surface area is 109 Å². The minimum atomic E-state index is -0.346. The van der Waals surface area contributed by atoms with Crippen LogP contribution >= 0.6 is 0 Å². The van der Waals surface area contributed by atoms with Gasteiger partial charge < -0.3 is 10.7 Å². The van der Waals surface area contributed by atoms with Crippen molar-refractivity contribution in [1.82, 2.24) is 4.98 Å². The number of nitrogens with two attached hydrogens (primary N) is 1. The van der Waals surface area contributed by atoms with Crippen LogP contribution in [-0.4, -0.2) is 10.9 Å². The Morgan fingerprint density at radius 3 is 2.84 bits per heavy atom. The lowest BCUT2D eigenvalue weighted by atomic mass is 10.2. The van der Waals surface area contributed by atoms with E-state index in [-0.39, 0.29) is 11.7 Å². The van der Waals surface area contributed by atoms with Gasteiger partial charge in [-0.15, -0.1) is 0 Å². The number of carbonyl (C=O) groups excluding carboxylic acids is 1. The highest BCUT2D eigenvalue weighted by atomic mass is 19.1. The molecule has 5 nitrogen and oxygen atoms in total. The van der Waals surface area contributed by atoms with Crippen molar-refractivity contribution in [2.45, 2.75) is 6.92 Å². The van der Waals surface area contributed by atoms with Gasteiger partial charge in [0.05, 0.1) is 17.4 Å². The van der Waals surface area contributed by atoms with Gasteiger partial charge in [0, 0.05) is 11.9 Å². The molecule has 1 amide bonds. The van der Waals surface area contributed by atoms with E-state index in [1.165, 1.54) is 24.5 Å². The second-order valence-electron chi connectivity index (χ2n) is 3.98. The number of nitrogen functional groups attached to an aromatic ring is 1. The van der Waals surface area contributed by atoms with Crippen molar-refractivity contribution in [3.63, 3.8) is 0 Å². The highest BCUT2D eigenvalue weighted by molar-refractivity contribution is 6.07. The van der Waals surface area contributed by atoms with Crippen LogP contribution in [0.15, 0.2) is 36.7 Å². The summed E-state index contributed by atoms with van der Waals surface area (Å²) in [5.41, 5.74) is 4.16. The van der Waals surface area contributed by atoms with Crippen LogP contribution in [0.5, 0.6) is 0 Å². The van der Waals surface area contributed by atoms with Gasteiger partial charge in [0.15, 0.2) is 0 Å². The number of nitrogens with zero attached hydrogens (tertiary/aromatic N) is 1. The molecule has 1 aromatic carbocycles. The van der Waals surface area contributed by atoms with Crippen LogP contribution in [0.1, 0.15) is 15.9 Å². The Kier molecular flexibility index (Phi) is 3.72. The lowest BCUT2D eigenvalue weighted by Crippen LogP contribution is -2.17. The van der Waals surface area contributed by atoms with Crippen molar-refractivity contribution < 1.29 is 9.18 Å². The SMILES string of the molecule is Cc1cc(NC(=O)c2ccncc2NN)ccc1F. The summed E-state index contributed by atoms with van der Waals surface area (Å²) in [6, 6.07) is 5.90. The summed E-state index contributed by atoms with van der Waals surface area (Å²) in [6.07, 6.45) is 2.94. The Morgan fingerprint density at radius 1 is 1.37 bits per heavy atom. The number of hydrazine groups is 1. The third-order valence-electron chi connectivity index (χ3n) is 2.64. The minimum Gasteiger partial charge on any atom is -0.322 e.